The van der Waals surface area contributed by atoms with Gasteiger partial charge in [-0.15, -0.1) is 0 Å². The number of ketones is 1. The number of benzene rings is 1. The van der Waals surface area contributed by atoms with Crippen molar-refractivity contribution in [2.75, 3.05) is 6.61 Å². The van der Waals surface area contributed by atoms with Gasteiger partial charge in [-0.25, -0.2) is 9.59 Å². The van der Waals surface area contributed by atoms with Gasteiger partial charge in [0.05, 0.1) is 35.8 Å². The van der Waals surface area contributed by atoms with Crippen LogP contribution < -0.4 is 5.32 Å². The molecule has 49 heavy (non-hydrogen) atoms. The maximum absolute atomic E-state index is 14.6. The molecular weight excluding hydrogens is 638 g/mol. The van der Waals surface area contributed by atoms with Gasteiger partial charge in [-0.3, -0.25) is 9.59 Å². The molecule has 1 aromatic carbocycles. The highest BCUT2D eigenvalue weighted by molar-refractivity contribution is 5.94. The van der Waals surface area contributed by atoms with Gasteiger partial charge in [0.25, 0.3) is 0 Å². The van der Waals surface area contributed by atoms with E-state index in [4.69, 9.17) is 14.2 Å². The monoisotopic (exact) mass is 687 g/mol. The van der Waals surface area contributed by atoms with Crippen molar-refractivity contribution >= 4 is 23.6 Å². The van der Waals surface area contributed by atoms with Crippen molar-refractivity contribution in [1.82, 2.24) is 5.32 Å². The number of hydrogen-bond donors (Lipinski definition) is 6. The van der Waals surface area contributed by atoms with E-state index < -0.39 is 106 Å². The van der Waals surface area contributed by atoms with Crippen LogP contribution in [0.25, 0.3) is 0 Å². The third-order valence-electron chi connectivity index (χ3n) is 11.7. The summed E-state index contributed by atoms with van der Waals surface area (Å²) in [6, 6.07) is 6.85. The van der Waals surface area contributed by atoms with Crippen molar-refractivity contribution < 1.29 is 58.9 Å². The Labute approximate surface area is 285 Å². The van der Waals surface area contributed by atoms with Gasteiger partial charge in [-0.1, -0.05) is 52.8 Å². The molecule has 0 aromatic heterocycles. The highest BCUT2D eigenvalue weighted by Gasteiger charge is 2.76. The molecule has 2 bridgehead atoms. The van der Waals surface area contributed by atoms with E-state index in [1.165, 1.54) is 32.9 Å². The predicted molar refractivity (Wildman–Crippen MR) is 173 cm³/mol. The lowest BCUT2D eigenvalue weighted by molar-refractivity contribution is -0.343. The number of carbonyl (C=O) groups excluding carboxylic acids is 4. The molecule has 5 rings (SSSR count). The van der Waals surface area contributed by atoms with Gasteiger partial charge in [0.2, 0.25) is 5.91 Å². The molecule has 11 atom stereocenters. The molecule has 0 spiro atoms. The summed E-state index contributed by atoms with van der Waals surface area (Å²) in [7, 11) is 0. The molecule has 13 nitrogen and oxygen atoms in total. The van der Waals surface area contributed by atoms with E-state index in [0.717, 1.165) is 0 Å². The van der Waals surface area contributed by atoms with Crippen LogP contribution in [0.5, 0.6) is 0 Å². The maximum atomic E-state index is 14.6. The molecule has 6 N–H and O–H groups in total. The second-order valence-corrected chi connectivity index (χ2v) is 16.0. The van der Waals surface area contributed by atoms with Crippen molar-refractivity contribution in [3.05, 3.63) is 47.0 Å². The normalized spacial score (nSPS) is 38.0. The van der Waals surface area contributed by atoms with E-state index in [-0.39, 0.29) is 29.7 Å². The minimum atomic E-state index is -2.26. The van der Waals surface area contributed by atoms with E-state index in [9.17, 15) is 44.7 Å². The molecule has 2 saturated carbocycles. The first kappa shape index (κ1) is 37.1. The Balaban J connectivity index is 1.68. The lowest BCUT2D eigenvalue weighted by atomic mass is 9.44. The number of ether oxygens (including phenoxy) is 3. The van der Waals surface area contributed by atoms with Crippen LogP contribution in [0, 0.1) is 22.2 Å². The van der Waals surface area contributed by atoms with E-state index in [1.54, 1.807) is 52.8 Å². The maximum Gasteiger partial charge on any atom is 0.338 e. The average Bonchev–Trinajstić information content (AvgIpc) is 3.01. The number of nitrogens with one attached hydrogen (secondary N) is 1. The van der Waals surface area contributed by atoms with Crippen LogP contribution in [-0.4, -0.2) is 110 Å². The molecule has 270 valence electrons. The molecule has 8 unspecified atom stereocenters. The van der Waals surface area contributed by atoms with Gasteiger partial charge in [-0.05, 0) is 42.5 Å². The Morgan fingerprint density at radius 3 is 2.18 bits per heavy atom. The van der Waals surface area contributed by atoms with E-state index >= 15 is 0 Å². The van der Waals surface area contributed by atoms with Crippen LogP contribution in [-0.2, 0) is 28.6 Å². The van der Waals surface area contributed by atoms with Crippen LogP contribution >= 0.6 is 0 Å². The molecule has 3 fully saturated rings. The van der Waals surface area contributed by atoms with Crippen LogP contribution in [0.15, 0.2) is 41.5 Å². The van der Waals surface area contributed by atoms with Crippen LogP contribution in [0.2, 0.25) is 0 Å². The van der Waals surface area contributed by atoms with Crippen LogP contribution in [0.1, 0.15) is 78.6 Å². The summed E-state index contributed by atoms with van der Waals surface area (Å²) in [6.07, 6.45) is -9.92. The molecule has 0 radical (unpaired) electrons. The molecule has 1 heterocycles. The number of rotatable bonds is 6. The number of carbonyl (C=O) groups is 4. The fourth-order valence-corrected chi connectivity index (χ4v) is 8.71. The molecule has 4 aliphatic rings. The summed E-state index contributed by atoms with van der Waals surface area (Å²) >= 11 is 0. The average molecular weight is 688 g/mol. The second-order valence-electron chi connectivity index (χ2n) is 16.0. The lowest BCUT2D eigenvalue weighted by Gasteiger charge is -2.66. The van der Waals surface area contributed by atoms with Gasteiger partial charge in [-0.2, -0.15) is 0 Å². The Hall–Kier alpha value is -3.20. The first-order valence-electron chi connectivity index (χ1n) is 16.6. The number of hydrogen-bond acceptors (Lipinski definition) is 12. The van der Waals surface area contributed by atoms with Gasteiger partial charge >= 0.3 is 11.9 Å². The second kappa shape index (κ2) is 12.2. The third kappa shape index (κ3) is 5.62. The molecule has 1 aromatic rings. The van der Waals surface area contributed by atoms with Gasteiger partial charge in [0.15, 0.2) is 11.9 Å². The highest BCUT2D eigenvalue weighted by Crippen LogP contribution is 2.63. The SMILES string of the molecule is CC(=O)N[C@H](C(O)C(=O)OC1CC2(O)C(OC(=O)c3ccccc3)C3[C@]4(O)COC4CC(O)[C@@]3(C)C(=O)C(O)C(=C1C)C2(C)C)C(C)(C)C. The number of fused-ring (bicyclic) bond motifs is 5. The number of Topliss-reactive ketones (excluding diaryl/α,β-unsaturated/α-hetero) is 1. The topological polar surface area (TPSA) is 209 Å². The largest absolute Gasteiger partial charge is 0.456 e. The predicted octanol–water partition coefficient (Wildman–Crippen LogP) is 0.974. The first-order valence-corrected chi connectivity index (χ1v) is 16.6. The van der Waals surface area contributed by atoms with Gasteiger partial charge < -0.3 is 45.1 Å². The number of esters is 2. The third-order valence-corrected chi connectivity index (χ3v) is 11.7. The van der Waals surface area contributed by atoms with Crippen LogP contribution in [0.3, 0.4) is 0 Å². The number of amides is 1. The highest BCUT2D eigenvalue weighted by atomic mass is 16.6. The minimum Gasteiger partial charge on any atom is -0.456 e. The zero-order valence-corrected chi connectivity index (χ0v) is 29.2. The molecule has 1 amide bonds. The Morgan fingerprint density at radius 1 is 1.04 bits per heavy atom. The Kier molecular flexibility index (Phi) is 9.26. The molecule has 1 saturated heterocycles. The summed E-state index contributed by atoms with van der Waals surface area (Å²) in [5, 5.41) is 62.4. The zero-order valence-electron chi connectivity index (χ0n) is 29.2. The van der Waals surface area contributed by atoms with Crippen molar-refractivity contribution in [3.8, 4) is 0 Å². The number of aliphatic hydroxyl groups excluding tert-OH is 3. The minimum absolute atomic E-state index is 0.0145. The summed E-state index contributed by atoms with van der Waals surface area (Å²) in [5.74, 6) is -4.88. The fourth-order valence-electron chi connectivity index (χ4n) is 8.71. The van der Waals surface area contributed by atoms with Crippen molar-refractivity contribution in [2.24, 2.45) is 22.2 Å². The van der Waals surface area contributed by atoms with Gasteiger partial charge in [0, 0.05) is 31.1 Å². The summed E-state index contributed by atoms with van der Waals surface area (Å²) in [5.41, 5.74) is -8.10. The van der Waals surface area contributed by atoms with E-state index in [2.05, 4.69) is 5.32 Å². The van der Waals surface area contributed by atoms with Crippen LogP contribution in [0.4, 0.5) is 0 Å². The number of aliphatic hydroxyl groups is 5. The van der Waals surface area contributed by atoms with Crippen molar-refractivity contribution in [1.29, 1.82) is 0 Å². The van der Waals surface area contributed by atoms with E-state index in [1.807, 2.05) is 0 Å². The van der Waals surface area contributed by atoms with Crippen molar-refractivity contribution in [3.63, 3.8) is 0 Å². The smallest absolute Gasteiger partial charge is 0.338 e. The summed E-state index contributed by atoms with van der Waals surface area (Å²) < 4.78 is 17.6. The Morgan fingerprint density at radius 2 is 1.65 bits per heavy atom. The van der Waals surface area contributed by atoms with Crippen molar-refractivity contribution in [2.45, 2.75) is 122 Å². The standard InChI is InChI=1S/C36H49NO12/c1-17-20(48-31(44)25(41)27(32(3,4)5)37-18(2)38)15-36(46)29(49-30(43)19-12-10-9-11-13-19)26-34(8,21(39)14-22-35(26,45)16-47-22)28(42)24(40)23(17)33(36,6)7/h9-13,20-22,24-27,29,39-41,45-46H,14-16H2,1-8H3,(H,37,38)/t20?,21?,22?,24?,25?,26?,27-,29?,34-,35+,36?/m1/s1. The molecule has 13 heteroatoms. The molecule has 3 aliphatic carbocycles. The Bertz CT molecular complexity index is 1550. The zero-order chi connectivity index (χ0) is 36.6. The lowest BCUT2D eigenvalue weighted by Crippen LogP contribution is -2.81. The van der Waals surface area contributed by atoms with E-state index in [0.29, 0.717) is 0 Å². The summed E-state index contributed by atoms with van der Waals surface area (Å²) in [6.45, 7) is 12.1. The molecular formula is C36H49NO12. The van der Waals surface area contributed by atoms with Gasteiger partial charge in [0.1, 0.15) is 29.5 Å². The first-order chi connectivity index (χ1) is 22.5. The molecule has 1 aliphatic heterocycles. The quantitative estimate of drug-likeness (QED) is 0.183. The fraction of sp³-hybridized carbons (Fsp3) is 0.667. The summed E-state index contributed by atoms with van der Waals surface area (Å²) in [4.78, 5) is 53.9.